The largest absolute Gasteiger partial charge is 0.497 e. The zero-order valence-corrected chi connectivity index (χ0v) is 17.3. The van der Waals surface area contributed by atoms with Crippen LogP contribution in [0.25, 0.3) is 0 Å². The Hall–Kier alpha value is -1.76. The van der Waals surface area contributed by atoms with Crippen molar-refractivity contribution < 1.29 is 17.9 Å². The predicted molar refractivity (Wildman–Crippen MR) is 106 cm³/mol. The summed E-state index contributed by atoms with van der Waals surface area (Å²) in [7, 11) is -2.06. The Morgan fingerprint density at radius 3 is 2.31 bits per heavy atom. The highest BCUT2D eigenvalue weighted by Crippen LogP contribution is 2.24. The number of hydrogen-bond donors (Lipinski definition) is 1. The van der Waals surface area contributed by atoms with E-state index >= 15 is 0 Å². The van der Waals surface area contributed by atoms with E-state index in [2.05, 4.69) is 19.2 Å². The molecule has 6 nitrogen and oxygen atoms in total. The van der Waals surface area contributed by atoms with Gasteiger partial charge in [0.2, 0.25) is 15.9 Å². The monoisotopic (exact) mass is 384 g/mol. The minimum Gasteiger partial charge on any atom is -0.497 e. The van der Waals surface area contributed by atoms with Crippen LogP contribution in [0.1, 0.15) is 46.5 Å². The fourth-order valence-electron chi connectivity index (χ4n) is 2.87. The van der Waals surface area contributed by atoms with Crippen LogP contribution in [0.15, 0.2) is 24.3 Å². The van der Waals surface area contributed by atoms with E-state index in [9.17, 15) is 13.2 Å². The van der Waals surface area contributed by atoms with Gasteiger partial charge in [-0.2, -0.15) is 0 Å². The quantitative estimate of drug-likeness (QED) is 0.636. The third-order valence-corrected chi connectivity index (χ3v) is 5.77. The highest BCUT2D eigenvalue weighted by atomic mass is 32.2. The summed E-state index contributed by atoms with van der Waals surface area (Å²) in [5.41, 5.74) is 0.439. The van der Waals surface area contributed by atoms with Crippen molar-refractivity contribution in [1.29, 1.82) is 0 Å². The molecule has 1 aromatic carbocycles. The maximum absolute atomic E-state index is 12.6. The van der Waals surface area contributed by atoms with Crippen LogP contribution in [-0.2, 0) is 14.8 Å². The van der Waals surface area contributed by atoms with E-state index in [1.807, 2.05) is 0 Å². The molecule has 7 heteroatoms. The van der Waals surface area contributed by atoms with Crippen LogP contribution in [0.4, 0.5) is 5.69 Å². The van der Waals surface area contributed by atoms with Gasteiger partial charge in [0.1, 0.15) is 11.8 Å². The third-order valence-electron chi connectivity index (χ3n) is 4.52. The number of ether oxygens (including phenoxy) is 1. The number of benzene rings is 1. The van der Waals surface area contributed by atoms with Gasteiger partial charge in [0, 0.05) is 6.54 Å². The first kappa shape index (κ1) is 22.3. The van der Waals surface area contributed by atoms with Gasteiger partial charge < -0.3 is 10.1 Å². The number of hydrogen-bond acceptors (Lipinski definition) is 4. The number of carbonyl (C=O) groups excluding carboxylic acids is 1. The molecule has 0 bridgehead atoms. The van der Waals surface area contributed by atoms with Crippen LogP contribution in [0.5, 0.6) is 5.75 Å². The number of sulfonamides is 1. The van der Waals surface area contributed by atoms with Crippen molar-refractivity contribution in [2.24, 2.45) is 5.92 Å². The molecule has 1 rings (SSSR count). The average molecular weight is 385 g/mol. The molecule has 1 N–H and O–H groups in total. The molecule has 0 fully saturated rings. The van der Waals surface area contributed by atoms with Crippen molar-refractivity contribution in [2.45, 2.75) is 52.5 Å². The normalized spacial score (nSPS) is 13.7. The van der Waals surface area contributed by atoms with E-state index in [1.165, 1.54) is 0 Å². The molecule has 0 saturated carbocycles. The van der Waals surface area contributed by atoms with Gasteiger partial charge in [-0.25, -0.2) is 8.42 Å². The smallest absolute Gasteiger partial charge is 0.243 e. The van der Waals surface area contributed by atoms with Crippen LogP contribution in [0.2, 0.25) is 0 Å². The molecule has 148 valence electrons. The van der Waals surface area contributed by atoms with Gasteiger partial charge in [-0.3, -0.25) is 9.10 Å². The Morgan fingerprint density at radius 2 is 1.85 bits per heavy atom. The maximum atomic E-state index is 12.6. The van der Waals surface area contributed by atoms with Crippen molar-refractivity contribution in [3.05, 3.63) is 24.3 Å². The van der Waals surface area contributed by atoms with Crippen molar-refractivity contribution in [3.8, 4) is 5.75 Å². The number of methoxy groups -OCH3 is 1. The number of amides is 1. The minimum absolute atomic E-state index is 0.291. The SMILES string of the molecule is CCCC[C@H](CC)CNC(=O)[C@@H](C)N(c1ccc(OC)cc1)S(C)(=O)=O. The van der Waals surface area contributed by atoms with Crippen LogP contribution < -0.4 is 14.4 Å². The van der Waals surface area contributed by atoms with E-state index < -0.39 is 16.1 Å². The standard InChI is InChI=1S/C19H32N2O4S/c1-6-8-9-16(7-2)14-20-19(22)15(3)21(26(5,23)24)17-10-12-18(25-4)13-11-17/h10-13,15-16H,6-9,14H2,1-5H3,(H,20,22)/t15-,16+/m1/s1. The maximum Gasteiger partial charge on any atom is 0.243 e. The van der Waals surface area contributed by atoms with E-state index in [-0.39, 0.29) is 5.91 Å². The lowest BCUT2D eigenvalue weighted by Crippen LogP contribution is -2.48. The molecule has 0 unspecified atom stereocenters. The molecule has 26 heavy (non-hydrogen) atoms. The lowest BCUT2D eigenvalue weighted by Gasteiger charge is -2.29. The van der Waals surface area contributed by atoms with Crippen LogP contribution in [0, 0.1) is 5.92 Å². The Kier molecular flexibility index (Phi) is 8.92. The molecule has 0 radical (unpaired) electrons. The fourth-order valence-corrected chi connectivity index (χ4v) is 4.05. The van der Waals surface area contributed by atoms with Crippen molar-refractivity contribution in [2.75, 3.05) is 24.2 Å². The lowest BCUT2D eigenvalue weighted by atomic mass is 9.99. The highest BCUT2D eigenvalue weighted by molar-refractivity contribution is 7.92. The van der Waals surface area contributed by atoms with Gasteiger partial charge in [0.15, 0.2) is 0 Å². The Morgan fingerprint density at radius 1 is 1.23 bits per heavy atom. The summed E-state index contributed by atoms with van der Waals surface area (Å²) < 4.78 is 30.8. The van der Waals surface area contributed by atoms with E-state index in [4.69, 9.17) is 4.74 Å². The molecule has 0 saturated heterocycles. The zero-order chi connectivity index (χ0) is 19.7. The second kappa shape index (κ2) is 10.4. The molecule has 0 aliphatic carbocycles. The number of nitrogens with one attached hydrogen (secondary N) is 1. The topological polar surface area (TPSA) is 75.7 Å². The summed E-state index contributed by atoms with van der Waals surface area (Å²) in [4.78, 5) is 12.6. The first-order chi connectivity index (χ1) is 12.2. The first-order valence-corrected chi connectivity index (χ1v) is 11.0. The van der Waals surface area contributed by atoms with Gasteiger partial charge in [-0.15, -0.1) is 0 Å². The third kappa shape index (κ3) is 6.52. The molecule has 1 aromatic rings. The second-order valence-electron chi connectivity index (χ2n) is 6.59. The number of anilines is 1. The van der Waals surface area contributed by atoms with Crippen LogP contribution in [0.3, 0.4) is 0 Å². The van der Waals surface area contributed by atoms with Crippen LogP contribution >= 0.6 is 0 Å². The summed E-state index contributed by atoms with van der Waals surface area (Å²) in [5, 5.41) is 2.92. The minimum atomic E-state index is -3.61. The molecule has 0 aromatic heterocycles. The molecule has 0 aliphatic heterocycles. The predicted octanol–water partition coefficient (Wildman–Crippen LogP) is 3.18. The Balaban J connectivity index is 2.88. The number of carbonyl (C=O) groups is 1. The average Bonchev–Trinajstić information content (AvgIpc) is 2.61. The number of rotatable bonds is 11. The molecule has 0 heterocycles. The zero-order valence-electron chi connectivity index (χ0n) is 16.5. The van der Waals surface area contributed by atoms with Gasteiger partial charge in [-0.05, 0) is 43.5 Å². The van der Waals surface area contributed by atoms with E-state index in [0.717, 1.165) is 36.2 Å². The van der Waals surface area contributed by atoms with Crippen LogP contribution in [-0.4, -0.2) is 40.3 Å². The fraction of sp³-hybridized carbons (Fsp3) is 0.632. The molecular weight excluding hydrogens is 352 g/mol. The van der Waals surface area contributed by atoms with Crippen molar-refractivity contribution in [1.82, 2.24) is 5.32 Å². The summed E-state index contributed by atoms with van der Waals surface area (Å²) >= 11 is 0. The van der Waals surface area contributed by atoms with Gasteiger partial charge in [0.25, 0.3) is 0 Å². The number of nitrogens with zero attached hydrogens (tertiary/aromatic N) is 1. The Labute approximate surface area is 158 Å². The molecule has 1 amide bonds. The first-order valence-electron chi connectivity index (χ1n) is 9.15. The summed E-state index contributed by atoms with van der Waals surface area (Å²) in [5.74, 6) is 0.751. The lowest BCUT2D eigenvalue weighted by molar-refractivity contribution is -0.122. The summed E-state index contributed by atoms with van der Waals surface area (Å²) in [6, 6.07) is 5.80. The highest BCUT2D eigenvalue weighted by Gasteiger charge is 2.29. The van der Waals surface area contributed by atoms with Gasteiger partial charge >= 0.3 is 0 Å². The van der Waals surface area contributed by atoms with Crippen molar-refractivity contribution in [3.63, 3.8) is 0 Å². The molecule has 0 spiro atoms. The van der Waals surface area contributed by atoms with Crippen molar-refractivity contribution >= 4 is 21.6 Å². The van der Waals surface area contributed by atoms with Gasteiger partial charge in [-0.1, -0.05) is 33.1 Å². The Bertz CT molecular complexity index is 659. The van der Waals surface area contributed by atoms with Gasteiger partial charge in [0.05, 0.1) is 19.1 Å². The summed E-state index contributed by atoms with van der Waals surface area (Å²) in [6.45, 7) is 6.43. The van der Waals surface area contributed by atoms with E-state index in [0.29, 0.717) is 23.9 Å². The molecule has 0 aliphatic rings. The number of unbranched alkanes of at least 4 members (excludes halogenated alkanes) is 1. The molecule has 2 atom stereocenters. The molecular formula is C19H32N2O4S. The second-order valence-corrected chi connectivity index (χ2v) is 8.45. The summed E-state index contributed by atoms with van der Waals surface area (Å²) in [6.07, 6.45) is 5.42. The van der Waals surface area contributed by atoms with E-state index in [1.54, 1.807) is 38.3 Å².